The lowest BCUT2D eigenvalue weighted by Crippen LogP contribution is -2.39. The van der Waals surface area contributed by atoms with E-state index in [2.05, 4.69) is 10.4 Å². The lowest BCUT2D eigenvalue weighted by atomic mass is 10.5. The number of aryl methyl sites for hydroxylation is 1. The molecule has 1 heterocycles. The van der Waals surface area contributed by atoms with Crippen molar-refractivity contribution < 1.29 is 17.9 Å². The summed E-state index contributed by atoms with van der Waals surface area (Å²) in [6.45, 7) is 2.69. The molecule has 1 amide bonds. The van der Waals surface area contributed by atoms with Crippen molar-refractivity contribution in [3.05, 3.63) is 6.20 Å². The number of nitrogens with zero attached hydrogens (tertiary/aromatic N) is 3. The maximum atomic E-state index is 12.3. The summed E-state index contributed by atoms with van der Waals surface area (Å²) >= 11 is 0. The van der Waals surface area contributed by atoms with Crippen LogP contribution in [0.5, 0.6) is 0 Å². The number of hydrogen-bond acceptors (Lipinski definition) is 6. The van der Waals surface area contributed by atoms with E-state index in [9.17, 15) is 13.2 Å². The van der Waals surface area contributed by atoms with Gasteiger partial charge in [-0.15, -0.1) is 0 Å². The Bertz CT molecular complexity index is 583. The van der Waals surface area contributed by atoms with Crippen LogP contribution < -0.4 is 11.1 Å². The second-order valence-corrected chi connectivity index (χ2v) is 6.35. The summed E-state index contributed by atoms with van der Waals surface area (Å²) in [5, 5.41) is 6.44. The molecule has 0 spiro atoms. The number of ether oxygens (including phenoxy) is 1. The predicted octanol–water partition coefficient (Wildman–Crippen LogP) is -1.13. The molecule has 0 unspecified atom stereocenters. The Morgan fingerprint density at radius 2 is 2.24 bits per heavy atom. The molecular weight excluding hydrogens is 298 g/mol. The molecule has 0 radical (unpaired) electrons. The number of likely N-dealkylation sites (N-methyl/N-ethyl adjacent to an activating group) is 1. The van der Waals surface area contributed by atoms with Gasteiger partial charge in [0.2, 0.25) is 15.9 Å². The fraction of sp³-hybridized carbons (Fsp3) is 0.636. The van der Waals surface area contributed by atoms with Crippen LogP contribution in [0.25, 0.3) is 0 Å². The van der Waals surface area contributed by atoms with Crippen molar-refractivity contribution in [1.29, 1.82) is 0 Å². The number of carbonyl (C=O) groups is 1. The number of anilines is 1. The fourth-order valence-corrected chi connectivity index (χ4v) is 2.77. The van der Waals surface area contributed by atoms with Gasteiger partial charge in [-0.1, -0.05) is 0 Å². The second-order valence-electron chi connectivity index (χ2n) is 4.34. The molecule has 0 aliphatic heterocycles. The van der Waals surface area contributed by atoms with Crippen molar-refractivity contribution in [1.82, 2.24) is 19.4 Å². The Balaban J connectivity index is 2.77. The quantitative estimate of drug-likeness (QED) is 0.585. The van der Waals surface area contributed by atoms with Crippen LogP contribution in [0.15, 0.2) is 11.1 Å². The number of hydrogen-bond donors (Lipinski definition) is 2. The molecule has 10 heteroatoms. The number of amides is 1. The number of aromatic nitrogens is 2. The first-order valence-corrected chi connectivity index (χ1v) is 7.81. The summed E-state index contributed by atoms with van der Waals surface area (Å²) in [4.78, 5) is 11.5. The zero-order chi connectivity index (χ0) is 16.0. The summed E-state index contributed by atoms with van der Waals surface area (Å²) in [7, 11) is -1.03. The average molecular weight is 319 g/mol. The summed E-state index contributed by atoms with van der Waals surface area (Å²) < 4.78 is 31.8. The molecular formula is C11H21N5O4S. The SMILES string of the molecule is CCn1cc(S(=O)(=O)N(C)CC(=O)NCCOC)c(N)n1. The molecule has 0 fully saturated rings. The summed E-state index contributed by atoms with van der Waals surface area (Å²) in [5.74, 6) is -0.497. The van der Waals surface area contributed by atoms with E-state index in [1.54, 1.807) is 0 Å². The van der Waals surface area contributed by atoms with Crippen molar-refractivity contribution in [3.63, 3.8) is 0 Å². The van der Waals surface area contributed by atoms with Gasteiger partial charge in [-0.25, -0.2) is 8.42 Å². The van der Waals surface area contributed by atoms with Gasteiger partial charge in [0, 0.05) is 33.4 Å². The third kappa shape index (κ3) is 4.41. The molecule has 1 aromatic heterocycles. The van der Waals surface area contributed by atoms with Gasteiger partial charge in [0.15, 0.2) is 5.82 Å². The maximum absolute atomic E-state index is 12.3. The van der Waals surface area contributed by atoms with E-state index in [1.807, 2.05) is 6.92 Å². The Morgan fingerprint density at radius 1 is 1.57 bits per heavy atom. The van der Waals surface area contributed by atoms with Gasteiger partial charge in [0.1, 0.15) is 4.90 Å². The van der Waals surface area contributed by atoms with Gasteiger partial charge in [-0.3, -0.25) is 9.48 Å². The molecule has 0 saturated carbocycles. The number of nitrogens with two attached hydrogens (primary N) is 1. The molecule has 0 saturated heterocycles. The molecule has 1 aromatic rings. The normalized spacial score (nSPS) is 11.8. The van der Waals surface area contributed by atoms with E-state index in [-0.39, 0.29) is 17.3 Å². The number of sulfonamides is 1. The van der Waals surface area contributed by atoms with Crippen molar-refractivity contribution in [3.8, 4) is 0 Å². The molecule has 21 heavy (non-hydrogen) atoms. The Kier molecular flexibility index (Phi) is 6.12. The zero-order valence-electron chi connectivity index (χ0n) is 12.4. The van der Waals surface area contributed by atoms with Crippen LogP contribution in [-0.4, -0.2) is 62.3 Å². The largest absolute Gasteiger partial charge is 0.383 e. The topological polar surface area (TPSA) is 120 Å². The number of carbonyl (C=O) groups excluding carboxylic acids is 1. The van der Waals surface area contributed by atoms with Crippen LogP contribution in [0.3, 0.4) is 0 Å². The van der Waals surface area contributed by atoms with Crippen LogP contribution in [0, 0.1) is 0 Å². The van der Waals surface area contributed by atoms with Gasteiger partial charge in [-0.05, 0) is 6.92 Å². The Morgan fingerprint density at radius 3 is 2.76 bits per heavy atom. The van der Waals surface area contributed by atoms with Crippen LogP contribution in [0.4, 0.5) is 5.82 Å². The lowest BCUT2D eigenvalue weighted by Gasteiger charge is -2.16. The minimum absolute atomic E-state index is 0.0801. The highest BCUT2D eigenvalue weighted by molar-refractivity contribution is 7.89. The van der Waals surface area contributed by atoms with Gasteiger partial charge in [-0.2, -0.15) is 9.40 Å². The highest BCUT2D eigenvalue weighted by Crippen LogP contribution is 2.19. The second kappa shape index (κ2) is 7.38. The number of methoxy groups -OCH3 is 1. The van der Waals surface area contributed by atoms with E-state index in [0.717, 1.165) is 4.31 Å². The first-order valence-electron chi connectivity index (χ1n) is 6.37. The molecule has 0 bridgehead atoms. The zero-order valence-corrected chi connectivity index (χ0v) is 13.2. The van der Waals surface area contributed by atoms with E-state index >= 15 is 0 Å². The highest BCUT2D eigenvalue weighted by atomic mass is 32.2. The lowest BCUT2D eigenvalue weighted by molar-refractivity contribution is -0.121. The number of nitrogens with one attached hydrogen (secondary N) is 1. The summed E-state index contributed by atoms with van der Waals surface area (Å²) in [6.07, 6.45) is 1.35. The van der Waals surface area contributed by atoms with E-state index < -0.39 is 15.9 Å². The highest BCUT2D eigenvalue weighted by Gasteiger charge is 2.27. The van der Waals surface area contributed by atoms with E-state index in [4.69, 9.17) is 10.5 Å². The fourth-order valence-electron chi connectivity index (χ4n) is 1.58. The van der Waals surface area contributed by atoms with Crippen molar-refractivity contribution in [2.24, 2.45) is 0 Å². The summed E-state index contributed by atoms with van der Waals surface area (Å²) in [5.41, 5.74) is 5.62. The Labute approximate surface area is 124 Å². The Hall–Kier alpha value is -1.65. The monoisotopic (exact) mass is 319 g/mol. The third-order valence-corrected chi connectivity index (χ3v) is 4.58. The standard InChI is InChI=1S/C11H21N5O4S/c1-4-16-7-9(11(12)14-16)21(18,19)15(2)8-10(17)13-5-6-20-3/h7H,4-6,8H2,1-3H3,(H2,12,14)(H,13,17). The van der Waals surface area contributed by atoms with E-state index in [1.165, 1.54) is 25.0 Å². The minimum atomic E-state index is -3.85. The predicted molar refractivity (Wildman–Crippen MR) is 77.0 cm³/mol. The summed E-state index contributed by atoms with van der Waals surface area (Å²) in [6, 6.07) is 0. The van der Waals surface area contributed by atoms with Gasteiger partial charge >= 0.3 is 0 Å². The number of rotatable bonds is 8. The van der Waals surface area contributed by atoms with Crippen molar-refractivity contribution in [2.45, 2.75) is 18.4 Å². The van der Waals surface area contributed by atoms with E-state index in [0.29, 0.717) is 19.7 Å². The van der Waals surface area contributed by atoms with Gasteiger partial charge in [0.05, 0.1) is 13.2 Å². The van der Waals surface area contributed by atoms with Crippen molar-refractivity contribution in [2.75, 3.05) is 39.6 Å². The first-order chi connectivity index (χ1) is 9.82. The average Bonchev–Trinajstić information content (AvgIpc) is 2.81. The van der Waals surface area contributed by atoms with Crippen LogP contribution in [0.1, 0.15) is 6.92 Å². The molecule has 1 rings (SSSR count). The van der Waals surface area contributed by atoms with Gasteiger partial charge in [0.25, 0.3) is 0 Å². The van der Waals surface area contributed by atoms with Gasteiger partial charge < -0.3 is 15.8 Å². The molecule has 0 aliphatic carbocycles. The molecule has 3 N–H and O–H groups in total. The van der Waals surface area contributed by atoms with Crippen LogP contribution in [0.2, 0.25) is 0 Å². The van der Waals surface area contributed by atoms with Crippen molar-refractivity contribution >= 4 is 21.7 Å². The number of nitrogen functional groups attached to an aromatic ring is 1. The molecule has 9 nitrogen and oxygen atoms in total. The minimum Gasteiger partial charge on any atom is -0.383 e. The van der Waals surface area contributed by atoms with Crippen LogP contribution in [-0.2, 0) is 26.1 Å². The molecule has 0 atom stereocenters. The smallest absolute Gasteiger partial charge is 0.248 e. The van der Waals surface area contributed by atoms with Crippen LogP contribution >= 0.6 is 0 Å². The maximum Gasteiger partial charge on any atom is 0.248 e. The third-order valence-electron chi connectivity index (χ3n) is 2.76. The molecule has 0 aliphatic rings. The first kappa shape index (κ1) is 17.4. The molecule has 0 aromatic carbocycles. The molecule has 120 valence electrons.